The summed E-state index contributed by atoms with van der Waals surface area (Å²) >= 11 is 0. The summed E-state index contributed by atoms with van der Waals surface area (Å²) in [7, 11) is 0. The lowest BCUT2D eigenvalue weighted by molar-refractivity contribution is 0.0116. The first-order valence-corrected chi connectivity index (χ1v) is 4.96. The molecule has 0 aromatic heterocycles. The fourth-order valence-corrected chi connectivity index (χ4v) is 0.881. The topological polar surface area (TPSA) is 52.5 Å². The van der Waals surface area contributed by atoms with E-state index in [-0.39, 0.29) is 18.6 Å². The Balaban J connectivity index is 3.74. The van der Waals surface area contributed by atoms with Crippen molar-refractivity contribution in [3.8, 4) is 0 Å². The van der Waals surface area contributed by atoms with Crippen LogP contribution in [0.1, 0.15) is 34.1 Å². The van der Waals surface area contributed by atoms with Crippen molar-refractivity contribution in [1.29, 1.82) is 0 Å². The summed E-state index contributed by atoms with van der Waals surface area (Å²) in [6, 6.07) is 0.259. The van der Waals surface area contributed by atoms with Crippen LogP contribution in [0.5, 0.6) is 0 Å². The van der Waals surface area contributed by atoms with Crippen LogP contribution < -0.4 is 5.32 Å². The second-order valence-corrected chi connectivity index (χ2v) is 4.31. The van der Waals surface area contributed by atoms with Gasteiger partial charge in [0, 0.05) is 19.2 Å². The zero-order valence-corrected chi connectivity index (χ0v) is 9.17. The molecule has 80 valence electrons. The minimum atomic E-state index is -0.663. The van der Waals surface area contributed by atoms with Crippen molar-refractivity contribution in [3.63, 3.8) is 0 Å². The van der Waals surface area contributed by atoms with Gasteiger partial charge in [0.25, 0.3) is 0 Å². The normalized spacial score (nSPS) is 18.7. The Morgan fingerprint density at radius 1 is 1.31 bits per heavy atom. The number of aliphatic hydroxyl groups is 2. The van der Waals surface area contributed by atoms with Crippen LogP contribution in [0.15, 0.2) is 0 Å². The van der Waals surface area contributed by atoms with Gasteiger partial charge in [0.15, 0.2) is 0 Å². The Kier molecular flexibility index (Phi) is 5.53. The van der Waals surface area contributed by atoms with E-state index in [0.29, 0.717) is 6.54 Å². The van der Waals surface area contributed by atoms with Crippen LogP contribution in [0.25, 0.3) is 0 Å². The Morgan fingerprint density at radius 2 is 1.85 bits per heavy atom. The van der Waals surface area contributed by atoms with Crippen LogP contribution in [0.4, 0.5) is 0 Å². The van der Waals surface area contributed by atoms with Crippen molar-refractivity contribution in [2.75, 3.05) is 13.2 Å². The molecule has 0 saturated heterocycles. The zero-order valence-electron chi connectivity index (χ0n) is 9.17. The van der Waals surface area contributed by atoms with E-state index >= 15 is 0 Å². The van der Waals surface area contributed by atoms with E-state index in [4.69, 9.17) is 5.11 Å². The molecule has 13 heavy (non-hydrogen) atoms. The van der Waals surface area contributed by atoms with E-state index in [9.17, 15) is 5.11 Å². The van der Waals surface area contributed by atoms with Gasteiger partial charge in [-0.3, -0.25) is 0 Å². The van der Waals surface area contributed by atoms with E-state index in [1.165, 1.54) is 0 Å². The monoisotopic (exact) mass is 189 g/mol. The van der Waals surface area contributed by atoms with E-state index in [1.807, 2.05) is 27.7 Å². The number of nitrogens with one attached hydrogen (secondary N) is 1. The van der Waals surface area contributed by atoms with Crippen LogP contribution in [0, 0.1) is 5.92 Å². The lowest BCUT2D eigenvalue weighted by Crippen LogP contribution is -2.45. The molecule has 0 amide bonds. The predicted octanol–water partition coefficient (Wildman–Crippen LogP) is 0.754. The smallest absolute Gasteiger partial charge is 0.0766 e. The molecule has 3 nitrogen and oxygen atoms in total. The highest BCUT2D eigenvalue weighted by Gasteiger charge is 2.24. The van der Waals surface area contributed by atoms with Crippen LogP contribution in [0.2, 0.25) is 0 Å². The van der Waals surface area contributed by atoms with Crippen LogP contribution in [-0.4, -0.2) is 35.0 Å². The van der Waals surface area contributed by atoms with Crippen molar-refractivity contribution >= 4 is 0 Å². The molecule has 0 spiro atoms. The molecule has 0 radical (unpaired) electrons. The fraction of sp³-hybridized carbons (Fsp3) is 1.00. The standard InChI is InChI=1S/C10H23NO2/c1-8(2)10(4,13)7-11-9(3)5-6-12/h8-9,11-13H,5-7H2,1-4H3. The van der Waals surface area contributed by atoms with Gasteiger partial charge in [-0.1, -0.05) is 13.8 Å². The largest absolute Gasteiger partial charge is 0.396 e. The van der Waals surface area contributed by atoms with Gasteiger partial charge in [0.1, 0.15) is 0 Å². The highest BCUT2D eigenvalue weighted by Crippen LogP contribution is 2.14. The first-order chi connectivity index (χ1) is 5.90. The Bertz CT molecular complexity index is 135. The van der Waals surface area contributed by atoms with E-state index in [2.05, 4.69) is 5.32 Å². The quantitative estimate of drug-likeness (QED) is 0.578. The number of hydrogen-bond donors (Lipinski definition) is 3. The van der Waals surface area contributed by atoms with E-state index in [1.54, 1.807) is 0 Å². The third-order valence-electron chi connectivity index (χ3n) is 2.61. The van der Waals surface area contributed by atoms with Gasteiger partial charge in [0.2, 0.25) is 0 Å². The molecule has 0 aromatic carbocycles. The van der Waals surface area contributed by atoms with Gasteiger partial charge >= 0.3 is 0 Å². The molecule has 0 heterocycles. The summed E-state index contributed by atoms with van der Waals surface area (Å²) < 4.78 is 0. The molecule has 3 N–H and O–H groups in total. The highest BCUT2D eigenvalue weighted by molar-refractivity contribution is 4.80. The Labute approximate surface area is 81.2 Å². The highest BCUT2D eigenvalue weighted by atomic mass is 16.3. The van der Waals surface area contributed by atoms with Gasteiger partial charge in [-0.15, -0.1) is 0 Å². The van der Waals surface area contributed by atoms with Gasteiger partial charge in [-0.2, -0.15) is 0 Å². The second kappa shape index (κ2) is 5.58. The molecule has 2 unspecified atom stereocenters. The zero-order chi connectivity index (χ0) is 10.5. The number of rotatable bonds is 6. The molecule has 3 heteroatoms. The second-order valence-electron chi connectivity index (χ2n) is 4.31. The van der Waals surface area contributed by atoms with Gasteiger partial charge in [0.05, 0.1) is 5.60 Å². The predicted molar refractivity (Wildman–Crippen MR) is 54.6 cm³/mol. The summed E-state index contributed by atoms with van der Waals surface area (Å²) in [5.41, 5.74) is -0.663. The molecule has 2 atom stereocenters. The molecule has 0 bridgehead atoms. The summed E-state index contributed by atoms with van der Waals surface area (Å²) in [5, 5.41) is 21.8. The van der Waals surface area contributed by atoms with Gasteiger partial charge in [-0.25, -0.2) is 0 Å². The fourth-order valence-electron chi connectivity index (χ4n) is 0.881. The van der Waals surface area contributed by atoms with Crippen LogP contribution in [0.3, 0.4) is 0 Å². The molecule has 0 aromatic rings. The lowest BCUT2D eigenvalue weighted by atomic mass is 9.92. The molecule has 0 aliphatic carbocycles. The molecular formula is C10H23NO2. The molecular weight excluding hydrogens is 166 g/mol. The van der Waals surface area contributed by atoms with Crippen molar-refractivity contribution in [1.82, 2.24) is 5.32 Å². The average Bonchev–Trinajstić information content (AvgIpc) is 2.01. The summed E-state index contributed by atoms with van der Waals surface area (Å²) in [6.45, 7) is 8.60. The maximum atomic E-state index is 9.88. The lowest BCUT2D eigenvalue weighted by Gasteiger charge is -2.29. The minimum absolute atomic E-state index is 0.192. The number of aliphatic hydroxyl groups excluding tert-OH is 1. The third-order valence-corrected chi connectivity index (χ3v) is 2.61. The first kappa shape index (κ1) is 12.9. The van der Waals surface area contributed by atoms with Crippen LogP contribution >= 0.6 is 0 Å². The third kappa shape index (κ3) is 5.24. The van der Waals surface area contributed by atoms with E-state index < -0.39 is 5.60 Å². The molecule has 0 saturated carbocycles. The van der Waals surface area contributed by atoms with Crippen molar-refractivity contribution in [2.45, 2.75) is 45.8 Å². The van der Waals surface area contributed by atoms with E-state index in [0.717, 1.165) is 6.42 Å². The van der Waals surface area contributed by atoms with Crippen LogP contribution in [-0.2, 0) is 0 Å². The first-order valence-electron chi connectivity index (χ1n) is 4.96. The SMILES string of the molecule is CC(CCO)NCC(C)(O)C(C)C. The molecule has 0 fully saturated rings. The molecule has 0 aliphatic heterocycles. The summed E-state index contributed by atoms with van der Waals surface area (Å²) in [5.74, 6) is 0.237. The van der Waals surface area contributed by atoms with Crippen molar-refractivity contribution in [2.24, 2.45) is 5.92 Å². The summed E-state index contributed by atoms with van der Waals surface area (Å²) in [6.07, 6.45) is 0.730. The van der Waals surface area contributed by atoms with Gasteiger partial charge in [-0.05, 0) is 26.2 Å². The Morgan fingerprint density at radius 3 is 2.23 bits per heavy atom. The summed E-state index contributed by atoms with van der Waals surface area (Å²) in [4.78, 5) is 0. The average molecular weight is 189 g/mol. The maximum absolute atomic E-state index is 9.88. The van der Waals surface area contributed by atoms with Crippen molar-refractivity contribution < 1.29 is 10.2 Å². The molecule has 0 rings (SSSR count). The van der Waals surface area contributed by atoms with Crippen molar-refractivity contribution in [3.05, 3.63) is 0 Å². The Hall–Kier alpha value is -0.120. The molecule has 0 aliphatic rings. The minimum Gasteiger partial charge on any atom is -0.396 e. The maximum Gasteiger partial charge on any atom is 0.0766 e. The van der Waals surface area contributed by atoms with Gasteiger partial charge < -0.3 is 15.5 Å². The number of hydrogen-bond acceptors (Lipinski definition) is 3.